The molecule has 4 N–H and O–H groups in total. The van der Waals surface area contributed by atoms with Crippen molar-refractivity contribution >= 4 is 12.2 Å². The number of hydrogen-bond acceptors (Lipinski definition) is 3. The third kappa shape index (κ3) is 11.1. The smallest absolute Gasteiger partial charge is 0.126 e. The number of nitrogens with two attached hydrogens (primary N) is 1. The van der Waals surface area contributed by atoms with Crippen LogP contribution in [-0.2, 0) is 0 Å². The predicted octanol–water partition coefficient (Wildman–Crippen LogP) is 5.71. The Hall–Kier alpha value is -3.25. The van der Waals surface area contributed by atoms with Crippen LogP contribution in [0, 0.1) is 11.2 Å². The first-order chi connectivity index (χ1) is 16.4. The lowest BCUT2D eigenvalue weighted by molar-refractivity contribution is 0.335. The molecule has 5 nitrogen and oxygen atoms in total. The summed E-state index contributed by atoms with van der Waals surface area (Å²) in [5, 5.41) is 9.85. The van der Waals surface area contributed by atoms with E-state index in [-0.39, 0.29) is 5.82 Å². The van der Waals surface area contributed by atoms with Crippen LogP contribution in [0.3, 0.4) is 0 Å². The average molecular weight is 466 g/mol. The van der Waals surface area contributed by atoms with Crippen LogP contribution in [0.5, 0.6) is 0 Å². The number of allylic oxidation sites excluding steroid dienone is 2. The number of hydrogen-bond donors (Lipinski definition) is 3. The van der Waals surface area contributed by atoms with E-state index in [4.69, 9.17) is 11.1 Å². The quantitative estimate of drug-likeness (QED) is 0.179. The number of likely N-dealkylation sites (N-methyl/N-ethyl adjacent to an activating group) is 1. The number of aliphatic imine (C=N–C) groups is 1. The first-order valence-corrected chi connectivity index (χ1v) is 11.6. The zero-order chi connectivity index (χ0) is 25.3. The van der Waals surface area contributed by atoms with Gasteiger partial charge in [-0.2, -0.15) is 0 Å². The highest BCUT2D eigenvalue weighted by molar-refractivity contribution is 5.87. The topological polar surface area (TPSA) is 77.5 Å². The lowest BCUT2D eigenvalue weighted by Gasteiger charge is -2.23. The fourth-order valence-corrected chi connectivity index (χ4v) is 3.52. The van der Waals surface area contributed by atoms with Crippen molar-refractivity contribution in [2.24, 2.45) is 10.7 Å². The highest BCUT2D eigenvalue weighted by Gasteiger charge is 2.25. The lowest BCUT2D eigenvalue weighted by atomic mass is 10.1. The molecule has 2 fully saturated rings. The Labute approximate surface area is 204 Å². The van der Waals surface area contributed by atoms with Crippen LogP contribution in [-0.4, -0.2) is 43.3 Å². The third-order valence-corrected chi connectivity index (χ3v) is 5.54. The van der Waals surface area contributed by atoms with Gasteiger partial charge < -0.3 is 11.1 Å². The molecule has 6 heteroatoms. The molecule has 0 radical (unpaired) electrons. The number of likely N-dealkylation sites (tertiary alicyclic amines) is 1. The van der Waals surface area contributed by atoms with Gasteiger partial charge in [0.15, 0.2) is 0 Å². The van der Waals surface area contributed by atoms with E-state index < -0.39 is 0 Å². The maximum absolute atomic E-state index is 12.9. The lowest BCUT2D eigenvalue weighted by Crippen LogP contribution is -2.33. The van der Waals surface area contributed by atoms with E-state index in [0.29, 0.717) is 24.2 Å². The highest BCUT2D eigenvalue weighted by atomic mass is 19.1. The summed E-state index contributed by atoms with van der Waals surface area (Å²) in [7, 11) is 2.15. The van der Waals surface area contributed by atoms with Crippen molar-refractivity contribution < 1.29 is 4.39 Å². The summed E-state index contributed by atoms with van der Waals surface area (Å²) in [4.78, 5) is 5.83. The molecule has 1 aromatic rings. The van der Waals surface area contributed by atoms with Gasteiger partial charge in [-0.05, 0) is 62.4 Å². The second-order valence-corrected chi connectivity index (χ2v) is 8.24. The number of benzene rings is 1. The van der Waals surface area contributed by atoms with Gasteiger partial charge in [0.05, 0.1) is 0 Å². The van der Waals surface area contributed by atoms with Crippen molar-refractivity contribution in [3.05, 3.63) is 97.5 Å². The monoisotopic (exact) mass is 465 g/mol. The summed E-state index contributed by atoms with van der Waals surface area (Å²) in [6.07, 6.45) is 13.5. The Morgan fingerprint density at radius 1 is 1.26 bits per heavy atom. The summed E-state index contributed by atoms with van der Waals surface area (Å²) in [6, 6.07) is 7.54. The number of amidine groups is 1. The van der Waals surface area contributed by atoms with E-state index in [1.807, 2.05) is 24.3 Å². The van der Waals surface area contributed by atoms with Gasteiger partial charge in [0.1, 0.15) is 18.0 Å². The van der Waals surface area contributed by atoms with Crippen LogP contribution in [0.4, 0.5) is 4.39 Å². The molecular weight excluding hydrogens is 425 g/mol. The average Bonchev–Trinajstić information content (AvgIpc) is 3.57. The SMILES string of the molecule is C=C/C=C(\C=C)CNC(=C)C1CCCN1C.C=CCC(N)=NC=N.Fc1ccccc1C1CC1. The fraction of sp³-hybridized carbons (Fsp3) is 0.357. The van der Waals surface area contributed by atoms with Gasteiger partial charge >= 0.3 is 0 Å². The second-order valence-electron chi connectivity index (χ2n) is 8.24. The summed E-state index contributed by atoms with van der Waals surface area (Å²) >= 11 is 0. The van der Waals surface area contributed by atoms with E-state index in [2.05, 4.69) is 48.6 Å². The molecule has 34 heavy (non-hydrogen) atoms. The van der Waals surface area contributed by atoms with E-state index in [9.17, 15) is 4.39 Å². The molecule has 1 aliphatic heterocycles. The number of nitrogens with zero attached hydrogens (tertiary/aromatic N) is 2. The first kappa shape index (κ1) is 28.8. The van der Waals surface area contributed by atoms with Crippen LogP contribution in [0.2, 0.25) is 0 Å². The minimum Gasteiger partial charge on any atom is -0.387 e. The summed E-state index contributed by atoms with van der Waals surface area (Å²) in [6.45, 7) is 17.0. The molecule has 0 bridgehead atoms. The van der Waals surface area contributed by atoms with Crippen molar-refractivity contribution in [2.75, 3.05) is 20.1 Å². The Bertz CT molecular complexity index is 883. The molecular formula is C28H40FN5. The van der Waals surface area contributed by atoms with Crippen molar-refractivity contribution in [1.29, 1.82) is 5.41 Å². The molecule has 3 rings (SSSR count). The minimum absolute atomic E-state index is 0.0370. The molecule has 1 saturated carbocycles. The maximum atomic E-state index is 12.9. The van der Waals surface area contributed by atoms with E-state index in [1.54, 1.807) is 18.2 Å². The molecule has 1 atom stereocenters. The molecule has 0 amide bonds. The van der Waals surface area contributed by atoms with E-state index >= 15 is 0 Å². The van der Waals surface area contributed by atoms with Crippen molar-refractivity contribution in [3.63, 3.8) is 0 Å². The van der Waals surface area contributed by atoms with Crippen molar-refractivity contribution in [1.82, 2.24) is 10.2 Å². The summed E-state index contributed by atoms with van der Waals surface area (Å²) < 4.78 is 12.9. The molecule has 0 aromatic heterocycles. The van der Waals surface area contributed by atoms with Gasteiger partial charge in [-0.25, -0.2) is 9.38 Å². The number of halogens is 1. The molecule has 184 valence electrons. The Balaban J connectivity index is 0.000000275. The zero-order valence-electron chi connectivity index (χ0n) is 20.5. The van der Waals surface area contributed by atoms with Crippen LogP contribution in [0.15, 0.2) is 91.1 Å². The number of rotatable bonds is 10. The van der Waals surface area contributed by atoms with Gasteiger partial charge in [0, 0.05) is 24.7 Å². The van der Waals surface area contributed by atoms with Gasteiger partial charge in [-0.1, -0.05) is 62.2 Å². The third-order valence-electron chi connectivity index (χ3n) is 5.54. The highest BCUT2D eigenvalue weighted by Crippen LogP contribution is 2.40. The van der Waals surface area contributed by atoms with Crippen LogP contribution in [0.25, 0.3) is 0 Å². The molecule has 1 heterocycles. The second kappa shape index (κ2) is 16.4. The molecule has 1 unspecified atom stereocenters. The van der Waals surface area contributed by atoms with Gasteiger partial charge in [0.25, 0.3) is 0 Å². The first-order valence-electron chi connectivity index (χ1n) is 11.6. The minimum atomic E-state index is -0.0370. The zero-order valence-corrected chi connectivity index (χ0v) is 20.5. The van der Waals surface area contributed by atoms with E-state index in [1.165, 1.54) is 38.3 Å². The number of nitrogens with one attached hydrogen (secondary N) is 2. The fourth-order valence-electron chi connectivity index (χ4n) is 3.52. The van der Waals surface area contributed by atoms with Gasteiger partial charge in [-0.15, -0.1) is 6.58 Å². The Morgan fingerprint density at radius 2 is 1.97 bits per heavy atom. The van der Waals surface area contributed by atoms with Crippen LogP contribution < -0.4 is 11.1 Å². The maximum Gasteiger partial charge on any atom is 0.126 e. The molecule has 2 aliphatic rings. The molecule has 1 saturated heterocycles. The largest absolute Gasteiger partial charge is 0.387 e. The van der Waals surface area contributed by atoms with Gasteiger partial charge in [0.2, 0.25) is 0 Å². The van der Waals surface area contributed by atoms with Crippen LogP contribution in [0.1, 0.15) is 43.6 Å². The summed E-state index contributed by atoms with van der Waals surface area (Å²) in [5.74, 6) is 0.918. The predicted molar refractivity (Wildman–Crippen MR) is 145 cm³/mol. The Kier molecular flexibility index (Phi) is 13.9. The Morgan fingerprint density at radius 3 is 2.47 bits per heavy atom. The van der Waals surface area contributed by atoms with Crippen molar-refractivity contribution in [2.45, 2.75) is 44.1 Å². The standard InChI is InChI=1S/C14H22N2.C9H9F.C5H9N3/c1-5-8-13(6-2)11-15-12(3)14-9-7-10-16(14)4;10-9-4-2-1-3-8(9)7-5-6-7;1-2-3-5(7)8-4-6/h5-6,8,14-15H,1-3,7,9-11H2,4H3;1-4,7H,5-6H2;2,4H,1,3H2,(H3,6,7,8)/b13-8+;;. The molecule has 0 spiro atoms. The molecule has 1 aromatic carbocycles. The normalized spacial score (nSPS) is 17.9. The summed E-state index contributed by atoms with van der Waals surface area (Å²) in [5.41, 5.74) is 8.37. The van der Waals surface area contributed by atoms with E-state index in [0.717, 1.165) is 29.7 Å². The van der Waals surface area contributed by atoms with Crippen LogP contribution >= 0.6 is 0 Å². The van der Waals surface area contributed by atoms with Crippen molar-refractivity contribution in [3.8, 4) is 0 Å². The van der Waals surface area contributed by atoms with Gasteiger partial charge in [-0.3, -0.25) is 10.3 Å². The molecule has 1 aliphatic carbocycles.